The second kappa shape index (κ2) is 9.46. The van der Waals surface area contributed by atoms with Crippen LogP contribution in [0.15, 0.2) is 28.9 Å². The third-order valence-corrected chi connectivity index (χ3v) is 6.23. The number of hydrogen-bond acceptors (Lipinski definition) is 7. The maximum Gasteiger partial charge on any atom is 0.418 e. The van der Waals surface area contributed by atoms with Crippen LogP contribution in [0.1, 0.15) is 47.8 Å². The predicted molar refractivity (Wildman–Crippen MR) is 109 cm³/mol. The van der Waals surface area contributed by atoms with Gasteiger partial charge in [-0.1, -0.05) is 19.9 Å². The molecule has 32 heavy (non-hydrogen) atoms. The summed E-state index contributed by atoms with van der Waals surface area (Å²) in [6.07, 6.45) is -3.29. The number of hydrogen-bond donors (Lipinski definition) is 2. The van der Waals surface area contributed by atoms with Gasteiger partial charge in [-0.3, -0.25) is 4.79 Å². The molecule has 0 spiro atoms. The third-order valence-electron chi connectivity index (χ3n) is 4.74. The van der Waals surface area contributed by atoms with E-state index < -0.39 is 33.6 Å². The fourth-order valence-electron chi connectivity index (χ4n) is 3.02. The Hall–Kier alpha value is -2.64. The van der Waals surface area contributed by atoms with Gasteiger partial charge in [0.15, 0.2) is 5.69 Å². The smallest absolute Gasteiger partial charge is 0.418 e. The van der Waals surface area contributed by atoms with Gasteiger partial charge < -0.3 is 14.5 Å². The monoisotopic (exact) mass is 476 g/mol. The van der Waals surface area contributed by atoms with Crippen LogP contribution >= 0.6 is 0 Å². The van der Waals surface area contributed by atoms with Gasteiger partial charge in [-0.25, -0.2) is 4.72 Å². The molecule has 0 aliphatic carbocycles. The van der Waals surface area contributed by atoms with Crippen molar-refractivity contribution in [1.29, 1.82) is 0 Å². The van der Waals surface area contributed by atoms with Crippen molar-refractivity contribution in [3.63, 3.8) is 0 Å². The molecule has 1 aromatic carbocycles. The number of aromatic nitrogens is 1. The molecule has 0 bridgehead atoms. The largest absolute Gasteiger partial charge is 0.431 e. The SMILES string of the molecule is CC(C)c1ccc(C(F)(F)F)c(Nc2nc(C(=O)NS(=O)(=O)N3CCCOCC3)co2)c1. The number of nitrogens with one attached hydrogen (secondary N) is 2. The van der Waals surface area contributed by atoms with Crippen molar-refractivity contribution in [3.05, 3.63) is 41.3 Å². The predicted octanol–water partition coefficient (Wildman–Crippen LogP) is 3.26. The standard InChI is InChI=1S/C19H23F3N4O5S/c1-12(2)13-4-5-14(19(20,21)22)15(10-13)23-18-24-16(11-31-18)17(27)25-32(28,29)26-6-3-8-30-9-7-26/h4-5,10-12H,3,6-9H2,1-2H3,(H,23,24)(H,25,27). The highest BCUT2D eigenvalue weighted by molar-refractivity contribution is 7.87. The van der Waals surface area contributed by atoms with Crippen molar-refractivity contribution in [2.75, 3.05) is 31.6 Å². The van der Waals surface area contributed by atoms with Gasteiger partial charge in [-0.15, -0.1) is 0 Å². The fraction of sp³-hybridized carbons (Fsp3) is 0.474. The molecule has 1 aliphatic rings. The Labute approximate surface area is 183 Å². The third kappa shape index (κ3) is 5.78. The average Bonchev–Trinajstić information content (AvgIpc) is 2.98. The number of halogens is 3. The second-order valence-electron chi connectivity index (χ2n) is 7.42. The minimum absolute atomic E-state index is 0.0293. The summed E-state index contributed by atoms with van der Waals surface area (Å²) in [5.41, 5.74) is -0.986. The van der Waals surface area contributed by atoms with Crippen LogP contribution < -0.4 is 10.0 Å². The Morgan fingerprint density at radius 3 is 2.66 bits per heavy atom. The molecule has 9 nitrogen and oxygen atoms in total. The van der Waals surface area contributed by atoms with Gasteiger partial charge in [0.05, 0.1) is 17.9 Å². The first kappa shape index (κ1) is 24.0. The normalized spacial score (nSPS) is 16.1. The number of carbonyl (C=O) groups excluding carboxylic acids is 1. The van der Waals surface area contributed by atoms with E-state index in [2.05, 4.69) is 10.3 Å². The highest BCUT2D eigenvalue weighted by Crippen LogP contribution is 2.37. The lowest BCUT2D eigenvalue weighted by Crippen LogP contribution is -2.44. The molecule has 1 saturated heterocycles. The number of amides is 1. The van der Waals surface area contributed by atoms with Crippen molar-refractivity contribution in [2.24, 2.45) is 0 Å². The zero-order valence-electron chi connectivity index (χ0n) is 17.4. The molecule has 1 fully saturated rings. The topological polar surface area (TPSA) is 114 Å². The van der Waals surface area contributed by atoms with E-state index in [0.29, 0.717) is 18.6 Å². The lowest BCUT2D eigenvalue weighted by atomic mass is 10.00. The van der Waals surface area contributed by atoms with Gasteiger partial charge in [0.1, 0.15) is 6.26 Å². The minimum Gasteiger partial charge on any atom is -0.431 e. The summed E-state index contributed by atoms with van der Waals surface area (Å²) >= 11 is 0. The molecule has 2 aromatic rings. The lowest BCUT2D eigenvalue weighted by molar-refractivity contribution is -0.136. The molecular formula is C19H23F3N4O5S. The number of anilines is 2. The molecule has 0 saturated carbocycles. The van der Waals surface area contributed by atoms with E-state index >= 15 is 0 Å². The molecule has 0 radical (unpaired) electrons. The highest BCUT2D eigenvalue weighted by atomic mass is 32.2. The van der Waals surface area contributed by atoms with Gasteiger partial charge >= 0.3 is 16.4 Å². The van der Waals surface area contributed by atoms with Crippen LogP contribution in [0.3, 0.4) is 0 Å². The summed E-state index contributed by atoms with van der Waals surface area (Å²) < 4.78 is 78.2. The highest BCUT2D eigenvalue weighted by Gasteiger charge is 2.34. The van der Waals surface area contributed by atoms with Gasteiger partial charge in [0.25, 0.3) is 11.9 Å². The molecule has 0 unspecified atom stereocenters. The van der Waals surface area contributed by atoms with E-state index in [9.17, 15) is 26.4 Å². The number of rotatable bonds is 6. The number of benzene rings is 1. The first-order chi connectivity index (χ1) is 15.0. The summed E-state index contributed by atoms with van der Waals surface area (Å²) in [5.74, 6) is -1.10. The zero-order valence-corrected chi connectivity index (χ0v) is 18.2. The molecule has 176 valence electrons. The van der Waals surface area contributed by atoms with E-state index in [1.54, 1.807) is 0 Å². The second-order valence-corrected chi connectivity index (χ2v) is 9.09. The molecule has 2 heterocycles. The van der Waals surface area contributed by atoms with Crippen LogP contribution in [-0.2, 0) is 21.1 Å². The Balaban J connectivity index is 1.77. The summed E-state index contributed by atoms with van der Waals surface area (Å²) in [6, 6.07) is 3.27. The maximum absolute atomic E-state index is 13.4. The molecule has 2 N–H and O–H groups in total. The van der Waals surface area contributed by atoms with Crippen LogP contribution in [0.4, 0.5) is 24.9 Å². The first-order valence-corrected chi connectivity index (χ1v) is 11.2. The van der Waals surface area contributed by atoms with Crippen molar-refractivity contribution in [3.8, 4) is 0 Å². The van der Waals surface area contributed by atoms with Crippen molar-refractivity contribution < 1.29 is 35.5 Å². The Bertz CT molecular complexity index is 1060. The fourth-order valence-corrected chi connectivity index (χ4v) is 4.17. The average molecular weight is 476 g/mol. The van der Waals surface area contributed by atoms with E-state index in [1.165, 1.54) is 12.1 Å². The summed E-state index contributed by atoms with van der Waals surface area (Å²) in [5, 5.41) is 2.43. The van der Waals surface area contributed by atoms with Crippen LogP contribution in [0.2, 0.25) is 0 Å². The number of carbonyl (C=O) groups is 1. The Morgan fingerprint density at radius 2 is 1.97 bits per heavy atom. The number of nitrogens with zero attached hydrogens (tertiary/aromatic N) is 2. The van der Waals surface area contributed by atoms with Crippen LogP contribution in [0.25, 0.3) is 0 Å². The minimum atomic E-state index is -4.63. The summed E-state index contributed by atoms with van der Waals surface area (Å²) in [4.78, 5) is 16.1. The van der Waals surface area contributed by atoms with Gasteiger partial charge in [-0.2, -0.15) is 30.9 Å². The molecule has 1 aliphatic heterocycles. The molecule has 1 amide bonds. The van der Waals surface area contributed by atoms with Crippen LogP contribution in [-0.4, -0.2) is 49.9 Å². The molecule has 1 aromatic heterocycles. The Morgan fingerprint density at radius 1 is 1.22 bits per heavy atom. The Kier molecular flexibility index (Phi) is 7.10. The quantitative estimate of drug-likeness (QED) is 0.658. The van der Waals surface area contributed by atoms with Crippen LogP contribution in [0.5, 0.6) is 0 Å². The molecule has 13 heteroatoms. The van der Waals surface area contributed by atoms with Gasteiger partial charge in [0, 0.05) is 19.7 Å². The van der Waals surface area contributed by atoms with E-state index in [4.69, 9.17) is 9.15 Å². The summed E-state index contributed by atoms with van der Waals surface area (Å²) in [6.45, 7) is 4.54. The van der Waals surface area contributed by atoms with Crippen LogP contribution in [0, 0.1) is 0 Å². The molecule has 3 rings (SSSR count). The maximum atomic E-state index is 13.4. The zero-order chi connectivity index (χ0) is 23.5. The molecule has 0 atom stereocenters. The van der Waals surface area contributed by atoms with Crippen molar-refractivity contribution in [1.82, 2.24) is 14.0 Å². The summed E-state index contributed by atoms with van der Waals surface area (Å²) in [7, 11) is -4.14. The van der Waals surface area contributed by atoms with Crippen molar-refractivity contribution in [2.45, 2.75) is 32.4 Å². The molecular weight excluding hydrogens is 453 g/mol. The first-order valence-electron chi connectivity index (χ1n) is 9.81. The number of alkyl halides is 3. The van der Waals surface area contributed by atoms with Gasteiger partial charge in [-0.05, 0) is 30.0 Å². The number of ether oxygens (including phenoxy) is 1. The van der Waals surface area contributed by atoms with E-state index in [-0.39, 0.29) is 37.3 Å². The van der Waals surface area contributed by atoms with E-state index in [0.717, 1.165) is 16.6 Å². The van der Waals surface area contributed by atoms with E-state index in [1.807, 2.05) is 18.6 Å². The van der Waals surface area contributed by atoms with Gasteiger partial charge in [0.2, 0.25) is 0 Å². The lowest BCUT2D eigenvalue weighted by Gasteiger charge is -2.18. The van der Waals surface area contributed by atoms with Crippen molar-refractivity contribution >= 4 is 27.8 Å². The number of oxazole rings is 1.